The van der Waals surface area contributed by atoms with Crippen molar-refractivity contribution in [3.63, 3.8) is 0 Å². The maximum Gasteiger partial charge on any atom is 0.240 e. The van der Waals surface area contributed by atoms with Gasteiger partial charge in [-0.05, 0) is 44.0 Å². The fourth-order valence-electron chi connectivity index (χ4n) is 2.41. The van der Waals surface area contributed by atoms with Gasteiger partial charge in [0.15, 0.2) is 0 Å². The summed E-state index contributed by atoms with van der Waals surface area (Å²) >= 11 is 0. The fraction of sp³-hybridized carbons (Fsp3) is 0.350. The normalized spacial score (nSPS) is 11.2. The van der Waals surface area contributed by atoms with Crippen LogP contribution in [0.5, 0.6) is 5.75 Å². The number of nitrogens with one attached hydrogen (secondary N) is 2. The largest absolute Gasteiger partial charge is 0.493 e. The zero-order valence-corrected chi connectivity index (χ0v) is 16.5. The number of rotatable bonds is 10. The van der Waals surface area contributed by atoms with E-state index in [0.717, 1.165) is 16.9 Å². The monoisotopic (exact) mass is 390 g/mol. The zero-order valence-electron chi connectivity index (χ0n) is 15.7. The minimum Gasteiger partial charge on any atom is -0.493 e. The highest BCUT2D eigenvalue weighted by Gasteiger charge is 2.12. The number of benzene rings is 2. The van der Waals surface area contributed by atoms with Gasteiger partial charge in [-0.25, -0.2) is 13.1 Å². The Morgan fingerprint density at radius 2 is 1.70 bits per heavy atom. The van der Waals surface area contributed by atoms with Crippen molar-refractivity contribution in [1.82, 2.24) is 10.0 Å². The van der Waals surface area contributed by atoms with Crippen LogP contribution in [0.4, 0.5) is 0 Å². The van der Waals surface area contributed by atoms with Crippen LogP contribution in [0.2, 0.25) is 0 Å². The number of aryl methyl sites for hydroxylation is 2. The van der Waals surface area contributed by atoms with E-state index in [0.29, 0.717) is 19.4 Å². The second kappa shape index (κ2) is 10.1. The van der Waals surface area contributed by atoms with E-state index in [1.165, 1.54) is 0 Å². The molecule has 2 rings (SSSR count). The Morgan fingerprint density at radius 1 is 1.00 bits per heavy atom. The van der Waals surface area contributed by atoms with Crippen molar-refractivity contribution in [2.75, 3.05) is 19.7 Å². The topological polar surface area (TPSA) is 84.5 Å². The predicted molar refractivity (Wildman–Crippen MR) is 105 cm³/mol. The molecule has 0 saturated heterocycles. The van der Waals surface area contributed by atoms with Crippen LogP contribution in [0.15, 0.2) is 53.4 Å². The Hall–Kier alpha value is -2.38. The smallest absolute Gasteiger partial charge is 0.240 e. The van der Waals surface area contributed by atoms with Crippen LogP contribution in [0.3, 0.4) is 0 Å². The SMILES string of the molecule is Cc1ccc(S(=O)(=O)NCCNC(=O)CCCOc2ccccc2C)cc1. The molecule has 7 heteroatoms. The summed E-state index contributed by atoms with van der Waals surface area (Å²) in [6.45, 7) is 4.70. The summed E-state index contributed by atoms with van der Waals surface area (Å²) in [5.74, 6) is 0.696. The van der Waals surface area contributed by atoms with Crippen LogP contribution in [0, 0.1) is 13.8 Å². The van der Waals surface area contributed by atoms with Crippen molar-refractivity contribution >= 4 is 15.9 Å². The Kier molecular flexibility index (Phi) is 7.82. The van der Waals surface area contributed by atoms with Crippen LogP contribution < -0.4 is 14.8 Å². The summed E-state index contributed by atoms with van der Waals surface area (Å²) in [4.78, 5) is 12.0. The highest BCUT2D eigenvalue weighted by atomic mass is 32.2. The molecule has 0 radical (unpaired) electrons. The van der Waals surface area contributed by atoms with Gasteiger partial charge in [0.05, 0.1) is 11.5 Å². The molecule has 2 aromatic rings. The van der Waals surface area contributed by atoms with Crippen molar-refractivity contribution in [2.45, 2.75) is 31.6 Å². The molecule has 27 heavy (non-hydrogen) atoms. The first-order valence-corrected chi connectivity index (χ1v) is 10.4. The lowest BCUT2D eigenvalue weighted by Crippen LogP contribution is -2.34. The third-order valence-corrected chi connectivity index (χ3v) is 5.45. The lowest BCUT2D eigenvalue weighted by molar-refractivity contribution is -0.121. The highest BCUT2D eigenvalue weighted by Crippen LogP contribution is 2.16. The standard InChI is InChI=1S/C20H26N2O4S/c1-16-9-11-18(12-10-16)27(24,25)22-14-13-21-20(23)8-5-15-26-19-7-4-3-6-17(19)2/h3-4,6-7,9-12,22H,5,8,13-15H2,1-2H3,(H,21,23). The van der Waals surface area contributed by atoms with Gasteiger partial charge in [0.1, 0.15) is 5.75 Å². The molecule has 0 saturated carbocycles. The first-order chi connectivity index (χ1) is 12.9. The molecule has 0 aliphatic carbocycles. The fourth-order valence-corrected chi connectivity index (χ4v) is 3.44. The molecule has 0 heterocycles. The number of hydrogen-bond acceptors (Lipinski definition) is 4. The number of amides is 1. The van der Waals surface area contributed by atoms with Gasteiger partial charge < -0.3 is 10.1 Å². The number of para-hydroxylation sites is 1. The quantitative estimate of drug-likeness (QED) is 0.611. The van der Waals surface area contributed by atoms with Crippen molar-refractivity contribution in [2.24, 2.45) is 0 Å². The molecular formula is C20H26N2O4S. The Morgan fingerprint density at radius 3 is 2.41 bits per heavy atom. The third kappa shape index (κ3) is 7.03. The molecule has 2 aromatic carbocycles. The summed E-state index contributed by atoms with van der Waals surface area (Å²) in [7, 11) is -3.55. The Labute approximate surface area is 161 Å². The number of hydrogen-bond donors (Lipinski definition) is 2. The van der Waals surface area contributed by atoms with Gasteiger partial charge >= 0.3 is 0 Å². The van der Waals surface area contributed by atoms with E-state index in [1.54, 1.807) is 24.3 Å². The molecule has 2 N–H and O–H groups in total. The van der Waals surface area contributed by atoms with Gasteiger partial charge in [0, 0.05) is 19.5 Å². The predicted octanol–water partition coefficient (Wildman–Crippen LogP) is 2.56. The summed E-state index contributed by atoms with van der Waals surface area (Å²) in [5, 5.41) is 2.70. The summed E-state index contributed by atoms with van der Waals surface area (Å²) in [6.07, 6.45) is 0.922. The minimum atomic E-state index is -3.55. The molecule has 0 fully saturated rings. The molecule has 0 aliphatic rings. The van der Waals surface area contributed by atoms with Gasteiger partial charge in [-0.3, -0.25) is 4.79 Å². The molecule has 146 valence electrons. The minimum absolute atomic E-state index is 0.127. The first kappa shape index (κ1) is 20.9. The van der Waals surface area contributed by atoms with Gasteiger partial charge in [-0.1, -0.05) is 35.9 Å². The average Bonchev–Trinajstić information content (AvgIpc) is 2.64. The van der Waals surface area contributed by atoms with Crippen LogP contribution in [0.25, 0.3) is 0 Å². The van der Waals surface area contributed by atoms with Crippen molar-refractivity contribution in [1.29, 1.82) is 0 Å². The van der Waals surface area contributed by atoms with Gasteiger partial charge in [0.2, 0.25) is 15.9 Å². The van der Waals surface area contributed by atoms with E-state index in [4.69, 9.17) is 4.74 Å². The number of sulfonamides is 1. The molecule has 6 nitrogen and oxygen atoms in total. The third-order valence-electron chi connectivity index (χ3n) is 3.97. The zero-order chi connectivity index (χ0) is 19.7. The molecule has 0 aliphatic heterocycles. The number of carbonyl (C=O) groups excluding carboxylic acids is 1. The lowest BCUT2D eigenvalue weighted by atomic mass is 10.2. The van der Waals surface area contributed by atoms with Crippen molar-refractivity contribution in [3.8, 4) is 5.75 Å². The van der Waals surface area contributed by atoms with Gasteiger partial charge in [0.25, 0.3) is 0 Å². The second-order valence-corrected chi connectivity index (χ2v) is 8.05. The van der Waals surface area contributed by atoms with Crippen molar-refractivity contribution < 1.29 is 17.9 Å². The molecular weight excluding hydrogens is 364 g/mol. The van der Waals surface area contributed by atoms with Gasteiger partial charge in [-0.2, -0.15) is 0 Å². The maximum absolute atomic E-state index is 12.1. The summed E-state index contributed by atoms with van der Waals surface area (Å²) in [6, 6.07) is 14.3. The molecule has 0 unspecified atom stereocenters. The summed E-state index contributed by atoms with van der Waals surface area (Å²) in [5.41, 5.74) is 2.05. The second-order valence-electron chi connectivity index (χ2n) is 6.28. The van der Waals surface area contributed by atoms with Crippen LogP contribution in [-0.4, -0.2) is 34.0 Å². The lowest BCUT2D eigenvalue weighted by Gasteiger charge is -2.10. The first-order valence-electron chi connectivity index (χ1n) is 8.90. The summed E-state index contributed by atoms with van der Waals surface area (Å²) < 4.78 is 32.4. The number of carbonyl (C=O) groups is 1. The van der Waals surface area contributed by atoms with Crippen molar-refractivity contribution in [3.05, 3.63) is 59.7 Å². The van der Waals surface area contributed by atoms with E-state index >= 15 is 0 Å². The van der Waals surface area contributed by atoms with E-state index in [2.05, 4.69) is 10.0 Å². The highest BCUT2D eigenvalue weighted by molar-refractivity contribution is 7.89. The van der Waals surface area contributed by atoms with Crippen LogP contribution >= 0.6 is 0 Å². The average molecular weight is 391 g/mol. The van der Waals surface area contributed by atoms with E-state index in [9.17, 15) is 13.2 Å². The molecule has 1 amide bonds. The molecule has 0 bridgehead atoms. The van der Waals surface area contributed by atoms with E-state index in [-0.39, 0.29) is 23.9 Å². The number of ether oxygens (including phenoxy) is 1. The Balaban J connectivity index is 1.62. The maximum atomic E-state index is 12.1. The molecule has 0 atom stereocenters. The van der Waals surface area contributed by atoms with Gasteiger partial charge in [-0.15, -0.1) is 0 Å². The van der Waals surface area contributed by atoms with E-state index < -0.39 is 10.0 Å². The van der Waals surface area contributed by atoms with E-state index in [1.807, 2.05) is 38.1 Å². The molecule has 0 spiro atoms. The Bertz CT molecular complexity index is 849. The molecule has 0 aromatic heterocycles. The van der Waals surface area contributed by atoms with Crippen LogP contribution in [-0.2, 0) is 14.8 Å². The van der Waals surface area contributed by atoms with Crippen LogP contribution in [0.1, 0.15) is 24.0 Å².